The minimum Gasteiger partial charge on any atom is -0.381 e. The van der Waals surface area contributed by atoms with Crippen molar-refractivity contribution in [3.8, 4) is 0 Å². The van der Waals surface area contributed by atoms with Gasteiger partial charge < -0.3 is 11.1 Å². The lowest BCUT2D eigenvalue weighted by molar-refractivity contribution is 0.521. The average Bonchev–Trinajstić information content (AvgIpc) is 2.29. The minimum absolute atomic E-state index is 0.104. The molecule has 0 spiro atoms. The Balaban J connectivity index is 3.02. The fourth-order valence-electron chi connectivity index (χ4n) is 1.30. The Bertz CT molecular complexity index is 471. The van der Waals surface area contributed by atoms with Gasteiger partial charge in [-0.15, -0.1) is 0 Å². The van der Waals surface area contributed by atoms with Crippen LogP contribution in [0.3, 0.4) is 0 Å². The Kier molecular flexibility index (Phi) is 4.50. The molecule has 5 nitrogen and oxygen atoms in total. The van der Waals surface area contributed by atoms with Gasteiger partial charge in [0, 0.05) is 32.4 Å². The summed E-state index contributed by atoms with van der Waals surface area (Å²) in [5.41, 5.74) is 6.26. The highest BCUT2D eigenvalue weighted by Crippen LogP contribution is 2.18. The molecule has 0 fully saturated rings. The van der Waals surface area contributed by atoms with Crippen molar-refractivity contribution < 1.29 is 8.42 Å². The monoisotopic (exact) mass is 257 g/mol. The Morgan fingerprint density at radius 2 is 2.06 bits per heavy atom. The van der Waals surface area contributed by atoms with Gasteiger partial charge in [0.25, 0.3) is 0 Å². The van der Waals surface area contributed by atoms with E-state index in [1.54, 1.807) is 18.2 Å². The molecule has 1 rings (SSSR count). The van der Waals surface area contributed by atoms with E-state index in [0.717, 1.165) is 5.69 Å². The minimum atomic E-state index is -3.38. The van der Waals surface area contributed by atoms with Gasteiger partial charge in [0.15, 0.2) is 0 Å². The van der Waals surface area contributed by atoms with Crippen molar-refractivity contribution in [2.45, 2.75) is 17.9 Å². The Morgan fingerprint density at radius 3 is 2.59 bits per heavy atom. The second kappa shape index (κ2) is 5.48. The normalized spacial score (nSPS) is 13.7. The second-order valence-corrected chi connectivity index (χ2v) is 6.25. The molecular weight excluding hydrogens is 238 g/mol. The zero-order chi connectivity index (χ0) is 13.1. The predicted molar refractivity (Wildman–Crippen MR) is 69.5 cm³/mol. The predicted octanol–water partition coefficient (Wildman–Crippen LogP) is 0.696. The summed E-state index contributed by atoms with van der Waals surface area (Å²) in [6.45, 7) is 2.43. The van der Waals surface area contributed by atoms with Crippen molar-refractivity contribution >= 4 is 15.7 Å². The van der Waals surface area contributed by atoms with Crippen molar-refractivity contribution in [2.24, 2.45) is 5.73 Å². The van der Waals surface area contributed by atoms with E-state index in [9.17, 15) is 8.42 Å². The van der Waals surface area contributed by atoms with Gasteiger partial charge in [0.2, 0.25) is 10.0 Å². The van der Waals surface area contributed by atoms with Crippen molar-refractivity contribution in [2.75, 3.05) is 26.0 Å². The van der Waals surface area contributed by atoms with E-state index in [1.807, 2.05) is 13.0 Å². The molecule has 0 aliphatic rings. The van der Waals surface area contributed by atoms with Crippen molar-refractivity contribution in [1.29, 1.82) is 0 Å². The fourth-order valence-corrected chi connectivity index (χ4v) is 2.25. The molecule has 1 aromatic carbocycles. The molecule has 0 aromatic heterocycles. The highest BCUT2D eigenvalue weighted by atomic mass is 32.2. The summed E-state index contributed by atoms with van der Waals surface area (Å²) < 4.78 is 25.0. The van der Waals surface area contributed by atoms with Crippen molar-refractivity contribution in [1.82, 2.24) is 4.31 Å². The zero-order valence-corrected chi connectivity index (χ0v) is 11.2. The summed E-state index contributed by atoms with van der Waals surface area (Å²) in [5, 5.41) is 3.13. The fraction of sp³-hybridized carbons (Fsp3) is 0.455. The van der Waals surface area contributed by atoms with Gasteiger partial charge in [-0.05, 0) is 25.1 Å². The maximum absolute atomic E-state index is 11.9. The van der Waals surface area contributed by atoms with E-state index in [2.05, 4.69) is 5.32 Å². The van der Waals surface area contributed by atoms with Gasteiger partial charge >= 0.3 is 0 Å². The summed E-state index contributed by atoms with van der Waals surface area (Å²) in [7, 11) is -0.356. The molecule has 96 valence electrons. The van der Waals surface area contributed by atoms with E-state index in [1.165, 1.54) is 18.4 Å². The van der Waals surface area contributed by atoms with Crippen LogP contribution in [-0.2, 0) is 10.0 Å². The number of nitrogens with one attached hydrogen (secondary N) is 1. The van der Waals surface area contributed by atoms with Crippen molar-refractivity contribution in [3.63, 3.8) is 0 Å². The Morgan fingerprint density at radius 1 is 1.41 bits per heavy atom. The van der Waals surface area contributed by atoms with E-state index in [-0.39, 0.29) is 10.9 Å². The first kappa shape index (κ1) is 14.0. The molecule has 3 N–H and O–H groups in total. The Hall–Kier alpha value is -1.11. The van der Waals surface area contributed by atoms with Gasteiger partial charge in [-0.25, -0.2) is 12.7 Å². The molecule has 17 heavy (non-hydrogen) atoms. The van der Waals surface area contributed by atoms with Crippen LogP contribution in [-0.4, -0.2) is 39.4 Å². The lowest BCUT2D eigenvalue weighted by atomic mass is 10.2. The molecule has 0 radical (unpaired) electrons. The van der Waals surface area contributed by atoms with Gasteiger partial charge in [0.05, 0.1) is 4.90 Å². The third-order valence-electron chi connectivity index (χ3n) is 2.38. The summed E-state index contributed by atoms with van der Waals surface area (Å²) >= 11 is 0. The van der Waals surface area contributed by atoms with E-state index in [4.69, 9.17) is 5.73 Å². The largest absolute Gasteiger partial charge is 0.381 e. The number of anilines is 1. The van der Waals surface area contributed by atoms with Crippen LogP contribution in [0.4, 0.5) is 5.69 Å². The molecule has 1 aromatic rings. The smallest absolute Gasteiger partial charge is 0.242 e. The Labute approximate surface area is 103 Å². The number of nitrogens with zero attached hydrogens (tertiary/aromatic N) is 1. The molecule has 0 saturated carbocycles. The van der Waals surface area contributed by atoms with Crippen LogP contribution in [0.5, 0.6) is 0 Å². The lowest BCUT2D eigenvalue weighted by Gasteiger charge is -2.15. The standard InChI is InChI=1S/C11H19N3O2S/c1-9(8-12)13-10-5-4-6-11(7-10)17(15,16)14(2)3/h4-7,9,13H,8,12H2,1-3H3. The van der Waals surface area contributed by atoms with E-state index < -0.39 is 10.0 Å². The second-order valence-electron chi connectivity index (χ2n) is 4.10. The molecule has 0 aliphatic heterocycles. The number of sulfonamides is 1. The number of hydrogen-bond acceptors (Lipinski definition) is 4. The van der Waals surface area contributed by atoms with E-state index in [0.29, 0.717) is 6.54 Å². The zero-order valence-electron chi connectivity index (χ0n) is 10.3. The SMILES string of the molecule is CC(CN)Nc1cccc(S(=O)(=O)N(C)C)c1. The van der Waals surface area contributed by atoms with Gasteiger partial charge in [-0.2, -0.15) is 0 Å². The van der Waals surface area contributed by atoms with Gasteiger partial charge in [0.1, 0.15) is 0 Å². The lowest BCUT2D eigenvalue weighted by Crippen LogP contribution is -2.25. The first-order valence-electron chi connectivity index (χ1n) is 5.37. The molecule has 1 atom stereocenters. The van der Waals surface area contributed by atoms with Gasteiger partial charge in [-0.1, -0.05) is 6.07 Å². The maximum atomic E-state index is 11.9. The number of benzene rings is 1. The molecule has 1 unspecified atom stereocenters. The molecule has 0 amide bonds. The molecule has 0 bridgehead atoms. The van der Waals surface area contributed by atoms with Crippen LogP contribution in [0, 0.1) is 0 Å². The van der Waals surface area contributed by atoms with E-state index >= 15 is 0 Å². The molecule has 6 heteroatoms. The van der Waals surface area contributed by atoms with Crippen LogP contribution in [0.1, 0.15) is 6.92 Å². The van der Waals surface area contributed by atoms with Crippen molar-refractivity contribution in [3.05, 3.63) is 24.3 Å². The average molecular weight is 257 g/mol. The van der Waals surface area contributed by atoms with Crippen LogP contribution in [0.15, 0.2) is 29.2 Å². The number of hydrogen-bond donors (Lipinski definition) is 2. The highest BCUT2D eigenvalue weighted by Gasteiger charge is 2.17. The van der Waals surface area contributed by atoms with Gasteiger partial charge in [-0.3, -0.25) is 0 Å². The molecule has 0 heterocycles. The first-order valence-corrected chi connectivity index (χ1v) is 6.81. The third kappa shape index (κ3) is 3.42. The molecular formula is C11H19N3O2S. The topological polar surface area (TPSA) is 75.4 Å². The summed E-state index contributed by atoms with van der Waals surface area (Å²) in [5.74, 6) is 0. The highest BCUT2D eigenvalue weighted by molar-refractivity contribution is 7.89. The summed E-state index contributed by atoms with van der Waals surface area (Å²) in [4.78, 5) is 0.275. The van der Waals surface area contributed by atoms with Crippen LogP contribution in [0.25, 0.3) is 0 Å². The third-order valence-corrected chi connectivity index (χ3v) is 4.19. The molecule has 0 aliphatic carbocycles. The quantitative estimate of drug-likeness (QED) is 0.814. The number of rotatable bonds is 5. The molecule has 0 saturated heterocycles. The summed E-state index contributed by atoms with van der Waals surface area (Å²) in [6, 6.07) is 6.82. The maximum Gasteiger partial charge on any atom is 0.242 e. The van der Waals surface area contributed by atoms with Crippen LogP contribution >= 0.6 is 0 Å². The van der Waals surface area contributed by atoms with Crippen LogP contribution < -0.4 is 11.1 Å². The van der Waals surface area contributed by atoms with Crippen LogP contribution in [0.2, 0.25) is 0 Å². The number of nitrogens with two attached hydrogens (primary N) is 1. The summed E-state index contributed by atoms with van der Waals surface area (Å²) in [6.07, 6.45) is 0. The first-order chi connectivity index (χ1) is 7.87.